The van der Waals surface area contributed by atoms with E-state index in [4.69, 9.17) is 19.4 Å². The standard InChI is InChI=1S/C54H37N3O/c1-54(2)47-25-10-9-20-43(47)44-31-30-39(33-48(44)54)42-22-13-24-46-45-23-12-21-41(49(45)58-50(42)46)38-18-11-19-40(32-38)53-56-51(36-16-7-4-8-17-36)55-52(57-53)37-28-26-35(27-29-37)34-14-5-3-6-15-34/h3-33H,1-2H3. The number of para-hydroxylation sites is 2. The largest absolute Gasteiger partial charge is 0.455 e. The van der Waals surface area contributed by atoms with Gasteiger partial charge in [0.05, 0.1) is 0 Å². The number of nitrogens with zero attached hydrogens (tertiary/aromatic N) is 3. The zero-order valence-corrected chi connectivity index (χ0v) is 32.1. The van der Waals surface area contributed by atoms with Crippen LogP contribution in [0.3, 0.4) is 0 Å². The van der Waals surface area contributed by atoms with Crippen LogP contribution in [0.15, 0.2) is 192 Å². The van der Waals surface area contributed by atoms with Crippen LogP contribution in [0.5, 0.6) is 0 Å². The summed E-state index contributed by atoms with van der Waals surface area (Å²) in [4.78, 5) is 15.1. The molecule has 2 heterocycles. The smallest absolute Gasteiger partial charge is 0.164 e. The highest BCUT2D eigenvalue weighted by molar-refractivity contribution is 6.13. The Kier molecular flexibility index (Phi) is 7.80. The SMILES string of the molecule is CC1(C)c2ccccc2-c2ccc(-c3cccc4c3oc3c(-c5cccc(-c6nc(-c7ccccc7)nc(-c7ccc(-c8ccccc8)cc7)n6)c5)cccc34)cc21. The first-order valence-corrected chi connectivity index (χ1v) is 19.8. The molecular weight excluding hydrogens is 707 g/mol. The molecule has 2 aromatic heterocycles. The van der Waals surface area contributed by atoms with E-state index in [-0.39, 0.29) is 5.41 Å². The van der Waals surface area contributed by atoms with Crippen molar-refractivity contribution in [3.05, 3.63) is 199 Å². The van der Waals surface area contributed by atoms with Gasteiger partial charge in [-0.2, -0.15) is 0 Å². The van der Waals surface area contributed by atoms with E-state index >= 15 is 0 Å². The van der Waals surface area contributed by atoms with Gasteiger partial charge in [-0.25, -0.2) is 15.0 Å². The molecule has 0 saturated heterocycles. The van der Waals surface area contributed by atoms with Gasteiger partial charge < -0.3 is 4.42 Å². The summed E-state index contributed by atoms with van der Waals surface area (Å²) < 4.78 is 6.96. The normalized spacial score (nSPS) is 12.8. The molecule has 0 fully saturated rings. The highest BCUT2D eigenvalue weighted by Crippen LogP contribution is 2.50. The maximum atomic E-state index is 6.96. The molecule has 1 aliphatic rings. The summed E-state index contributed by atoms with van der Waals surface area (Å²) in [5.74, 6) is 1.86. The van der Waals surface area contributed by atoms with E-state index in [0.717, 1.165) is 66.4 Å². The minimum absolute atomic E-state index is 0.0873. The van der Waals surface area contributed by atoms with Crippen molar-refractivity contribution in [3.8, 4) is 78.7 Å². The third-order valence-electron chi connectivity index (χ3n) is 11.8. The van der Waals surface area contributed by atoms with Crippen molar-refractivity contribution in [2.45, 2.75) is 19.3 Å². The molecule has 10 aromatic rings. The Morgan fingerprint density at radius 2 is 0.759 bits per heavy atom. The Morgan fingerprint density at radius 1 is 0.328 bits per heavy atom. The van der Waals surface area contributed by atoms with E-state index in [1.807, 2.05) is 36.4 Å². The molecule has 0 saturated carbocycles. The van der Waals surface area contributed by atoms with Crippen molar-refractivity contribution >= 4 is 21.9 Å². The van der Waals surface area contributed by atoms with E-state index in [2.05, 4.69) is 166 Å². The van der Waals surface area contributed by atoms with Gasteiger partial charge in [0.15, 0.2) is 17.5 Å². The van der Waals surface area contributed by atoms with Gasteiger partial charge in [-0.1, -0.05) is 190 Å². The van der Waals surface area contributed by atoms with Crippen molar-refractivity contribution in [1.82, 2.24) is 15.0 Å². The summed E-state index contributed by atoms with van der Waals surface area (Å²) in [7, 11) is 0. The molecule has 4 heteroatoms. The fraction of sp³-hybridized carbons (Fsp3) is 0.0556. The molecular formula is C54H37N3O. The molecule has 274 valence electrons. The van der Waals surface area contributed by atoms with Gasteiger partial charge in [0, 0.05) is 44.0 Å². The van der Waals surface area contributed by atoms with Crippen LogP contribution in [0.2, 0.25) is 0 Å². The van der Waals surface area contributed by atoms with E-state index in [1.54, 1.807) is 0 Å². The highest BCUT2D eigenvalue weighted by Gasteiger charge is 2.35. The molecule has 58 heavy (non-hydrogen) atoms. The van der Waals surface area contributed by atoms with E-state index in [1.165, 1.54) is 27.8 Å². The third kappa shape index (κ3) is 5.56. The predicted molar refractivity (Wildman–Crippen MR) is 237 cm³/mol. The van der Waals surface area contributed by atoms with Crippen LogP contribution >= 0.6 is 0 Å². The lowest BCUT2D eigenvalue weighted by Gasteiger charge is -2.22. The molecule has 4 nitrogen and oxygen atoms in total. The van der Waals surface area contributed by atoms with E-state index in [0.29, 0.717) is 17.5 Å². The lowest BCUT2D eigenvalue weighted by molar-refractivity contribution is 0.660. The Labute approximate surface area is 337 Å². The fourth-order valence-corrected chi connectivity index (χ4v) is 8.77. The summed E-state index contributed by atoms with van der Waals surface area (Å²) in [6.45, 7) is 4.65. The minimum Gasteiger partial charge on any atom is -0.455 e. The second-order valence-electron chi connectivity index (χ2n) is 15.6. The molecule has 0 N–H and O–H groups in total. The van der Waals surface area contributed by atoms with Crippen molar-refractivity contribution in [3.63, 3.8) is 0 Å². The van der Waals surface area contributed by atoms with Gasteiger partial charge in [0.2, 0.25) is 0 Å². The first-order valence-electron chi connectivity index (χ1n) is 19.8. The number of hydrogen-bond donors (Lipinski definition) is 0. The van der Waals surface area contributed by atoms with Crippen LogP contribution in [-0.4, -0.2) is 15.0 Å². The summed E-state index contributed by atoms with van der Waals surface area (Å²) in [5, 5.41) is 2.18. The van der Waals surface area contributed by atoms with Gasteiger partial charge in [-0.15, -0.1) is 0 Å². The molecule has 0 radical (unpaired) electrons. The maximum absolute atomic E-state index is 6.96. The molecule has 0 aliphatic heterocycles. The quantitative estimate of drug-likeness (QED) is 0.170. The summed E-state index contributed by atoms with van der Waals surface area (Å²) in [6, 6.07) is 66.0. The lowest BCUT2D eigenvalue weighted by Crippen LogP contribution is -2.14. The van der Waals surface area contributed by atoms with Crippen LogP contribution < -0.4 is 0 Å². The van der Waals surface area contributed by atoms with Crippen molar-refractivity contribution in [2.75, 3.05) is 0 Å². The Bertz CT molecular complexity index is 3180. The summed E-state index contributed by atoms with van der Waals surface area (Å²) in [6.07, 6.45) is 0. The average Bonchev–Trinajstić information content (AvgIpc) is 3.79. The monoisotopic (exact) mass is 743 g/mol. The van der Waals surface area contributed by atoms with Crippen molar-refractivity contribution in [1.29, 1.82) is 0 Å². The van der Waals surface area contributed by atoms with Gasteiger partial charge >= 0.3 is 0 Å². The second-order valence-corrected chi connectivity index (χ2v) is 15.6. The van der Waals surface area contributed by atoms with Crippen molar-refractivity contribution in [2.24, 2.45) is 0 Å². The van der Waals surface area contributed by atoms with Gasteiger partial charge in [-0.3, -0.25) is 0 Å². The Balaban J connectivity index is 1.01. The Hall–Kier alpha value is -7.43. The molecule has 0 spiro atoms. The minimum atomic E-state index is -0.0873. The molecule has 0 amide bonds. The van der Waals surface area contributed by atoms with Gasteiger partial charge in [0.25, 0.3) is 0 Å². The first kappa shape index (κ1) is 33.9. The van der Waals surface area contributed by atoms with Gasteiger partial charge in [0.1, 0.15) is 11.2 Å². The van der Waals surface area contributed by atoms with Crippen LogP contribution in [0.25, 0.3) is 101 Å². The predicted octanol–water partition coefficient (Wildman–Crippen LogP) is 14.1. The zero-order valence-electron chi connectivity index (χ0n) is 32.1. The number of furan rings is 1. The van der Waals surface area contributed by atoms with Crippen LogP contribution in [0, 0.1) is 0 Å². The number of rotatable bonds is 6. The first-order chi connectivity index (χ1) is 28.5. The molecule has 1 aliphatic carbocycles. The topological polar surface area (TPSA) is 51.8 Å². The number of benzene rings is 8. The molecule has 0 atom stereocenters. The summed E-state index contributed by atoms with van der Waals surface area (Å²) >= 11 is 0. The Morgan fingerprint density at radius 3 is 1.43 bits per heavy atom. The molecule has 8 aromatic carbocycles. The molecule has 0 unspecified atom stereocenters. The van der Waals surface area contributed by atoms with Crippen LogP contribution in [0.1, 0.15) is 25.0 Å². The zero-order chi connectivity index (χ0) is 38.8. The highest BCUT2D eigenvalue weighted by atomic mass is 16.3. The number of fused-ring (bicyclic) bond motifs is 6. The molecule has 11 rings (SSSR count). The third-order valence-corrected chi connectivity index (χ3v) is 11.8. The number of hydrogen-bond acceptors (Lipinski definition) is 4. The van der Waals surface area contributed by atoms with E-state index in [9.17, 15) is 0 Å². The van der Waals surface area contributed by atoms with Crippen molar-refractivity contribution < 1.29 is 4.42 Å². The van der Waals surface area contributed by atoms with E-state index < -0.39 is 0 Å². The molecule has 0 bridgehead atoms. The maximum Gasteiger partial charge on any atom is 0.164 e. The average molecular weight is 744 g/mol. The van der Waals surface area contributed by atoms with Crippen LogP contribution in [-0.2, 0) is 5.41 Å². The second kappa shape index (κ2) is 13.4. The summed E-state index contributed by atoms with van der Waals surface area (Å²) in [5.41, 5.74) is 16.4. The van der Waals surface area contributed by atoms with Gasteiger partial charge in [-0.05, 0) is 56.6 Å². The number of aromatic nitrogens is 3. The fourth-order valence-electron chi connectivity index (χ4n) is 8.77. The van der Waals surface area contributed by atoms with Crippen LogP contribution in [0.4, 0.5) is 0 Å². The lowest BCUT2D eigenvalue weighted by atomic mass is 9.81.